The summed E-state index contributed by atoms with van der Waals surface area (Å²) < 4.78 is 33.1. The third-order valence-electron chi connectivity index (χ3n) is 3.23. The van der Waals surface area contributed by atoms with Crippen LogP contribution in [0.15, 0.2) is 0 Å². The molecule has 2 rings (SSSR count). The minimum absolute atomic E-state index is 0.101. The van der Waals surface area contributed by atoms with Gasteiger partial charge in [-0.15, -0.1) is 0 Å². The molecule has 0 bridgehead atoms. The molecule has 6 heteroatoms. The highest BCUT2D eigenvalue weighted by molar-refractivity contribution is 7.92. The van der Waals surface area contributed by atoms with Crippen LogP contribution in [-0.2, 0) is 24.1 Å². The molecule has 1 spiro atoms. The van der Waals surface area contributed by atoms with Crippen LogP contribution in [0.3, 0.4) is 0 Å². The van der Waals surface area contributed by atoms with Crippen molar-refractivity contribution < 1.29 is 22.7 Å². The van der Waals surface area contributed by atoms with E-state index in [1.807, 2.05) is 0 Å². The predicted molar refractivity (Wildman–Crippen MR) is 52.1 cm³/mol. The molecule has 2 heterocycles. The zero-order chi connectivity index (χ0) is 11.3. The van der Waals surface area contributed by atoms with E-state index in [1.54, 1.807) is 13.8 Å². The Morgan fingerprint density at radius 3 is 2.73 bits per heavy atom. The van der Waals surface area contributed by atoms with Crippen LogP contribution in [0.5, 0.6) is 0 Å². The number of hydrogen-bond donors (Lipinski definition) is 0. The maximum atomic E-state index is 11.5. The molecule has 2 fully saturated rings. The molecular formula is C9H14O5S. The summed E-state index contributed by atoms with van der Waals surface area (Å²) >= 11 is 0. The van der Waals surface area contributed by atoms with E-state index in [1.165, 1.54) is 0 Å². The lowest BCUT2D eigenvalue weighted by Gasteiger charge is -2.08. The molecule has 0 aliphatic carbocycles. The second kappa shape index (κ2) is 3.18. The number of carbonyl (C=O) groups is 1. The van der Waals surface area contributed by atoms with Crippen molar-refractivity contribution >= 4 is 15.8 Å². The topological polar surface area (TPSA) is 73.0 Å². The predicted octanol–water partition coefficient (Wildman–Crippen LogP) is -0.106. The number of sulfone groups is 1. The second-order valence-corrected chi connectivity index (χ2v) is 6.41. The van der Waals surface area contributed by atoms with Crippen molar-refractivity contribution in [2.24, 2.45) is 0 Å². The summed E-state index contributed by atoms with van der Waals surface area (Å²) in [5.41, 5.74) is -0.787. The number of rotatable bonds is 2. The van der Waals surface area contributed by atoms with Gasteiger partial charge < -0.3 is 9.47 Å². The highest BCUT2D eigenvalue weighted by Gasteiger charge is 2.70. The Morgan fingerprint density at radius 2 is 2.27 bits per heavy atom. The molecule has 0 saturated carbocycles. The maximum absolute atomic E-state index is 11.5. The van der Waals surface area contributed by atoms with Gasteiger partial charge in [0.25, 0.3) is 0 Å². The molecule has 5 nitrogen and oxygen atoms in total. The number of esters is 1. The zero-order valence-electron chi connectivity index (χ0n) is 8.73. The fraction of sp³-hybridized carbons (Fsp3) is 0.889. The molecule has 2 aliphatic rings. The van der Waals surface area contributed by atoms with Gasteiger partial charge in [0.1, 0.15) is 5.60 Å². The van der Waals surface area contributed by atoms with Crippen molar-refractivity contribution in [3.8, 4) is 0 Å². The Morgan fingerprint density at radius 1 is 1.60 bits per heavy atom. The van der Waals surface area contributed by atoms with Crippen molar-refractivity contribution in [1.82, 2.24) is 0 Å². The van der Waals surface area contributed by atoms with Crippen molar-refractivity contribution in [3.05, 3.63) is 0 Å². The molecule has 0 amide bonds. The first-order valence-electron chi connectivity index (χ1n) is 5.00. The van der Waals surface area contributed by atoms with Gasteiger partial charge in [-0.3, -0.25) is 0 Å². The normalized spacial score (nSPS) is 41.7. The van der Waals surface area contributed by atoms with Gasteiger partial charge in [-0.05, 0) is 20.3 Å². The number of epoxide rings is 1. The number of carbonyl (C=O) groups excluding carboxylic acids is 1. The number of ether oxygens (including phenoxy) is 2. The Hall–Kier alpha value is -0.620. The van der Waals surface area contributed by atoms with Gasteiger partial charge in [-0.25, -0.2) is 13.2 Å². The first-order chi connectivity index (χ1) is 6.94. The molecular weight excluding hydrogens is 220 g/mol. The largest absolute Gasteiger partial charge is 0.464 e. The molecule has 3 atom stereocenters. The molecule has 2 saturated heterocycles. The van der Waals surface area contributed by atoms with Crippen molar-refractivity contribution in [2.45, 2.75) is 37.2 Å². The van der Waals surface area contributed by atoms with E-state index >= 15 is 0 Å². The van der Waals surface area contributed by atoms with Crippen LogP contribution < -0.4 is 0 Å². The molecule has 0 aromatic carbocycles. The zero-order valence-corrected chi connectivity index (χ0v) is 9.54. The summed E-state index contributed by atoms with van der Waals surface area (Å²) in [5.74, 6) is -0.342. The number of hydrogen-bond acceptors (Lipinski definition) is 5. The fourth-order valence-corrected chi connectivity index (χ4v) is 4.00. The van der Waals surface area contributed by atoms with Crippen LogP contribution in [0.4, 0.5) is 0 Å². The van der Waals surface area contributed by atoms with Crippen molar-refractivity contribution in [2.75, 3.05) is 12.4 Å². The van der Waals surface area contributed by atoms with Gasteiger partial charge >= 0.3 is 5.97 Å². The maximum Gasteiger partial charge on any atom is 0.338 e. The van der Waals surface area contributed by atoms with E-state index in [-0.39, 0.29) is 12.4 Å². The van der Waals surface area contributed by atoms with Crippen LogP contribution >= 0.6 is 0 Å². The third-order valence-corrected chi connectivity index (χ3v) is 5.48. The smallest absolute Gasteiger partial charge is 0.338 e. The summed E-state index contributed by atoms with van der Waals surface area (Å²) in [6.07, 6.45) is -0.273. The summed E-state index contributed by atoms with van der Waals surface area (Å²) in [6, 6.07) is 0. The van der Waals surface area contributed by atoms with Gasteiger partial charge in [0, 0.05) is 0 Å². The minimum Gasteiger partial charge on any atom is -0.464 e. The van der Waals surface area contributed by atoms with E-state index in [0.29, 0.717) is 6.42 Å². The van der Waals surface area contributed by atoms with Gasteiger partial charge in [0.2, 0.25) is 0 Å². The molecule has 3 unspecified atom stereocenters. The summed E-state index contributed by atoms with van der Waals surface area (Å²) in [6.45, 7) is 3.60. The van der Waals surface area contributed by atoms with E-state index in [0.717, 1.165) is 0 Å². The first-order valence-corrected chi connectivity index (χ1v) is 6.71. The van der Waals surface area contributed by atoms with Gasteiger partial charge in [0.05, 0.1) is 17.6 Å². The lowest BCUT2D eigenvalue weighted by Crippen LogP contribution is -2.31. The summed E-state index contributed by atoms with van der Waals surface area (Å²) in [4.78, 5) is 11.4. The van der Waals surface area contributed by atoms with Crippen LogP contribution in [0, 0.1) is 0 Å². The molecule has 15 heavy (non-hydrogen) atoms. The average Bonchev–Trinajstić information content (AvgIpc) is 2.85. The minimum atomic E-state index is -3.08. The SMILES string of the molecule is CCOC(=O)C1OC12CCS(=O)(=O)C2C. The second-order valence-electron chi connectivity index (χ2n) is 3.96. The Bertz CT molecular complexity index is 387. The van der Waals surface area contributed by atoms with E-state index in [9.17, 15) is 13.2 Å². The average molecular weight is 234 g/mol. The molecule has 0 aromatic heterocycles. The lowest BCUT2D eigenvalue weighted by molar-refractivity contribution is -0.144. The molecule has 0 aromatic rings. The quantitative estimate of drug-likeness (QED) is 0.492. The van der Waals surface area contributed by atoms with Gasteiger partial charge in [0.15, 0.2) is 15.9 Å². The standard InChI is InChI=1S/C9H14O5S/c1-3-13-8(10)7-9(14-7)4-5-15(11,12)6(9)2/h6-7H,3-5H2,1-2H3. The van der Waals surface area contributed by atoms with Gasteiger partial charge in [-0.2, -0.15) is 0 Å². The highest BCUT2D eigenvalue weighted by Crippen LogP contribution is 2.50. The summed E-state index contributed by atoms with van der Waals surface area (Å²) in [5, 5.41) is -0.598. The van der Waals surface area contributed by atoms with Crippen molar-refractivity contribution in [3.63, 3.8) is 0 Å². The molecule has 0 radical (unpaired) electrons. The van der Waals surface area contributed by atoms with E-state index < -0.39 is 32.8 Å². The van der Waals surface area contributed by atoms with Crippen LogP contribution in [0.25, 0.3) is 0 Å². The van der Waals surface area contributed by atoms with Crippen LogP contribution in [0.1, 0.15) is 20.3 Å². The Kier molecular flexibility index (Phi) is 2.31. The molecule has 86 valence electrons. The van der Waals surface area contributed by atoms with Crippen molar-refractivity contribution in [1.29, 1.82) is 0 Å². The molecule has 0 N–H and O–H groups in total. The monoisotopic (exact) mass is 234 g/mol. The van der Waals surface area contributed by atoms with Gasteiger partial charge in [-0.1, -0.05) is 0 Å². The van der Waals surface area contributed by atoms with Crippen LogP contribution in [0.2, 0.25) is 0 Å². The third kappa shape index (κ3) is 1.47. The first kappa shape index (κ1) is 10.9. The highest BCUT2D eigenvalue weighted by atomic mass is 32.2. The summed E-state index contributed by atoms with van der Waals surface area (Å²) in [7, 11) is -3.08. The van der Waals surface area contributed by atoms with E-state index in [2.05, 4.69) is 0 Å². The van der Waals surface area contributed by atoms with E-state index in [4.69, 9.17) is 9.47 Å². The lowest BCUT2D eigenvalue weighted by atomic mass is 9.99. The Balaban J connectivity index is 2.12. The Labute approximate surface area is 88.7 Å². The van der Waals surface area contributed by atoms with Crippen LogP contribution in [-0.4, -0.2) is 43.7 Å². The fourth-order valence-electron chi connectivity index (χ4n) is 2.14. The molecule has 2 aliphatic heterocycles.